The summed E-state index contributed by atoms with van der Waals surface area (Å²) in [7, 11) is 0. The number of aromatic nitrogens is 4. The summed E-state index contributed by atoms with van der Waals surface area (Å²) in [4.78, 5) is 0. The van der Waals surface area contributed by atoms with Crippen LogP contribution < -0.4 is 5.73 Å². The van der Waals surface area contributed by atoms with E-state index in [4.69, 9.17) is 5.73 Å². The highest BCUT2D eigenvalue weighted by molar-refractivity contribution is 7.99. The molecule has 0 aromatic carbocycles. The zero-order valence-corrected chi connectivity index (χ0v) is 12.3. The van der Waals surface area contributed by atoms with Crippen LogP contribution in [0.2, 0.25) is 0 Å². The van der Waals surface area contributed by atoms with E-state index >= 15 is 0 Å². The maximum absolute atomic E-state index is 6.17. The Kier molecular flexibility index (Phi) is 4.27. The van der Waals surface area contributed by atoms with Gasteiger partial charge in [-0.05, 0) is 28.7 Å². The number of thioether (sulfide) groups is 1. The van der Waals surface area contributed by atoms with Crippen molar-refractivity contribution in [2.45, 2.75) is 63.7 Å². The summed E-state index contributed by atoms with van der Waals surface area (Å²) in [5.74, 6) is 0.858. The Bertz CT molecular complexity index is 378. The first-order chi connectivity index (χ1) is 8.48. The van der Waals surface area contributed by atoms with E-state index in [1.807, 2.05) is 4.68 Å². The zero-order chi connectivity index (χ0) is 13.2. The summed E-state index contributed by atoms with van der Waals surface area (Å²) in [6.07, 6.45) is 4.97. The molecule has 1 aliphatic carbocycles. The quantitative estimate of drug-likeness (QED) is 0.849. The maximum Gasteiger partial charge on any atom is 0.209 e. The molecule has 1 atom stereocenters. The second kappa shape index (κ2) is 5.57. The van der Waals surface area contributed by atoms with Crippen molar-refractivity contribution in [1.29, 1.82) is 0 Å². The molecular weight excluding hydrogens is 246 g/mol. The Morgan fingerprint density at radius 1 is 1.39 bits per heavy atom. The molecular formula is C12H23N5S. The second-order valence-electron chi connectivity index (χ2n) is 6.13. The van der Waals surface area contributed by atoms with E-state index in [-0.39, 0.29) is 11.5 Å². The highest BCUT2D eigenvalue weighted by Gasteiger charge is 2.24. The van der Waals surface area contributed by atoms with E-state index in [9.17, 15) is 0 Å². The molecule has 1 saturated carbocycles. The van der Waals surface area contributed by atoms with Crippen LogP contribution in [0.25, 0.3) is 0 Å². The average molecular weight is 269 g/mol. The highest BCUT2D eigenvalue weighted by Crippen LogP contribution is 2.32. The molecule has 0 spiro atoms. The van der Waals surface area contributed by atoms with Crippen molar-refractivity contribution in [2.75, 3.05) is 5.75 Å². The molecule has 1 heterocycles. The Morgan fingerprint density at radius 3 is 2.67 bits per heavy atom. The molecule has 1 aromatic heterocycles. The van der Waals surface area contributed by atoms with Crippen molar-refractivity contribution < 1.29 is 0 Å². The molecule has 5 nitrogen and oxygen atoms in total. The van der Waals surface area contributed by atoms with Gasteiger partial charge < -0.3 is 5.73 Å². The lowest BCUT2D eigenvalue weighted by Gasteiger charge is -2.26. The van der Waals surface area contributed by atoms with Gasteiger partial charge in [0.05, 0.1) is 6.04 Å². The van der Waals surface area contributed by atoms with E-state index < -0.39 is 0 Å². The number of nitrogens with two attached hydrogens (primary N) is 1. The molecule has 0 bridgehead atoms. The lowest BCUT2D eigenvalue weighted by atomic mass is 9.89. The molecule has 0 radical (unpaired) electrons. The molecule has 18 heavy (non-hydrogen) atoms. The van der Waals surface area contributed by atoms with Gasteiger partial charge in [-0.2, -0.15) is 0 Å². The minimum atomic E-state index is 0.124. The number of rotatable bonds is 4. The third-order valence-corrected chi connectivity index (χ3v) is 4.69. The molecule has 2 rings (SSSR count). The topological polar surface area (TPSA) is 69.6 Å². The van der Waals surface area contributed by atoms with Gasteiger partial charge in [-0.25, -0.2) is 4.68 Å². The normalized spacial score (nSPS) is 19.3. The van der Waals surface area contributed by atoms with E-state index in [1.165, 1.54) is 25.7 Å². The summed E-state index contributed by atoms with van der Waals surface area (Å²) >= 11 is 1.68. The van der Waals surface area contributed by atoms with E-state index in [0.29, 0.717) is 6.04 Å². The zero-order valence-electron chi connectivity index (χ0n) is 11.5. The van der Waals surface area contributed by atoms with Gasteiger partial charge in [0.25, 0.3) is 0 Å². The third-order valence-electron chi connectivity index (χ3n) is 3.64. The predicted octanol–water partition coefficient (Wildman–Crippen LogP) is 2.25. The minimum Gasteiger partial charge on any atom is -0.326 e. The summed E-state index contributed by atoms with van der Waals surface area (Å²) in [5.41, 5.74) is 6.30. The highest BCUT2D eigenvalue weighted by atomic mass is 32.2. The van der Waals surface area contributed by atoms with Crippen molar-refractivity contribution >= 4 is 11.8 Å². The first kappa shape index (κ1) is 13.8. The van der Waals surface area contributed by atoms with E-state index in [2.05, 4.69) is 36.3 Å². The van der Waals surface area contributed by atoms with Crippen LogP contribution >= 0.6 is 11.8 Å². The van der Waals surface area contributed by atoms with Crippen LogP contribution in [0, 0.1) is 5.41 Å². The maximum atomic E-state index is 6.17. The van der Waals surface area contributed by atoms with Crippen LogP contribution in [0.5, 0.6) is 0 Å². The van der Waals surface area contributed by atoms with Gasteiger partial charge in [0.2, 0.25) is 5.16 Å². The van der Waals surface area contributed by atoms with E-state index in [0.717, 1.165) is 10.9 Å². The molecule has 0 amide bonds. The fourth-order valence-electron chi connectivity index (χ4n) is 2.07. The Hall–Kier alpha value is -0.620. The van der Waals surface area contributed by atoms with Gasteiger partial charge in [-0.15, -0.1) is 5.10 Å². The Morgan fingerprint density at radius 2 is 2.06 bits per heavy atom. The van der Waals surface area contributed by atoms with Gasteiger partial charge in [0.15, 0.2) is 0 Å². The molecule has 1 aliphatic rings. The number of nitrogens with zero attached hydrogens (tertiary/aromatic N) is 4. The fraction of sp³-hybridized carbons (Fsp3) is 0.917. The average Bonchev–Trinajstić information content (AvgIpc) is 2.94. The van der Waals surface area contributed by atoms with Crippen molar-refractivity contribution in [2.24, 2.45) is 11.1 Å². The van der Waals surface area contributed by atoms with Gasteiger partial charge in [0.1, 0.15) is 0 Å². The van der Waals surface area contributed by atoms with Crippen molar-refractivity contribution in [3.05, 3.63) is 0 Å². The van der Waals surface area contributed by atoms with Gasteiger partial charge >= 0.3 is 0 Å². The first-order valence-corrected chi connectivity index (χ1v) is 7.63. The SMILES string of the molecule is CC(C)(C)C(N)CSc1nnnn1C1CCCC1. The lowest BCUT2D eigenvalue weighted by Crippen LogP contribution is -2.37. The molecule has 6 heteroatoms. The van der Waals surface area contributed by atoms with Crippen LogP contribution in [0.3, 0.4) is 0 Å². The van der Waals surface area contributed by atoms with Gasteiger partial charge in [-0.3, -0.25) is 0 Å². The van der Waals surface area contributed by atoms with Gasteiger partial charge in [-0.1, -0.05) is 45.4 Å². The molecule has 1 aromatic rings. The molecule has 1 fully saturated rings. The number of tetrazole rings is 1. The summed E-state index contributed by atoms with van der Waals surface area (Å²) < 4.78 is 1.99. The largest absolute Gasteiger partial charge is 0.326 e. The fourth-order valence-corrected chi connectivity index (χ4v) is 3.31. The first-order valence-electron chi connectivity index (χ1n) is 6.64. The van der Waals surface area contributed by atoms with Crippen molar-refractivity contribution in [3.8, 4) is 0 Å². The molecule has 102 valence electrons. The summed E-state index contributed by atoms with van der Waals surface area (Å²) in [5, 5.41) is 13.0. The number of hydrogen-bond acceptors (Lipinski definition) is 5. The molecule has 1 unspecified atom stereocenters. The minimum absolute atomic E-state index is 0.124. The van der Waals surface area contributed by atoms with Crippen LogP contribution in [0.1, 0.15) is 52.5 Å². The van der Waals surface area contributed by atoms with Gasteiger partial charge in [0, 0.05) is 11.8 Å². The lowest BCUT2D eigenvalue weighted by molar-refractivity contribution is 0.343. The molecule has 0 saturated heterocycles. The monoisotopic (exact) mass is 269 g/mol. The van der Waals surface area contributed by atoms with Crippen LogP contribution in [-0.4, -0.2) is 32.0 Å². The molecule has 0 aliphatic heterocycles. The third kappa shape index (κ3) is 3.23. The summed E-state index contributed by atoms with van der Waals surface area (Å²) in [6, 6.07) is 0.643. The second-order valence-corrected chi connectivity index (χ2v) is 7.11. The van der Waals surface area contributed by atoms with Crippen molar-refractivity contribution in [3.63, 3.8) is 0 Å². The predicted molar refractivity (Wildman–Crippen MR) is 73.5 cm³/mol. The Labute approximate surface area is 113 Å². The standard InChI is InChI=1S/C12H23N5S/c1-12(2,3)10(13)8-18-11-14-15-16-17(11)9-6-4-5-7-9/h9-10H,4-8,13H2,1-3H3. The van der Waals surface area contributed by atoms with Crippen molar-refractivity contribution in [1.82, 2.24) is 20.2 Å². The molecule has 2 N–H and O–H groups in total. The number of hydrogen-bond donors (Lipinski definition) is 1. The smallest absolute Gasteiger partial charge is 0.209 e. The van der Waals surface area contributed by atoms with E-state index in [1.54, 1.807) is 11.8 Å². The van der Waals surface area contributed by atoms with Crippen LogP contribution in [0.15, 0.2) is 5.16 Å². The van der Waals surface area contributed by atoms with Crippen LogP contribution in [0.4, 0.5) is 0 Å². The Balaban J connectivity index is 1.95. The van der Waals surface area contributed by atoms with Crippen LogP contribution in [-0.2, 0) is 0 Å². The summed E-state index contributed by atoms with van der Waals surface area (Å²) in [6.45, 7) is 6.49.